The normalized spacial score (nSPS) is 15.2. The molecule has 2 aromatic rings. The Morgan fingerprint density at radius 3 is 2.67 bits per heavy atom. The van der Waals surface area contributed by atoms with Crippen molar-refractivity contribution in [1.82, 2.24) is 14.4 Å². The van der Waals surface area contributed by atoms with Crippen LogP contribution in [-0.4, -0.2) is 41.6 Å². The molecule has 0 unspecified atom stereocenters. The van der Waals surface area contributed by atoms with Gasteiger partial charge in [-0.3, -0.25) is 4.90 Å². The van der Waals surface area contributed by atoms with Crippen LogP contribution in [0, 0.1) is 0 Å². The lowest BCUT2D eigenvalue weighted by molar-refractivity contribution is 0.236. The molecule has 2 heterocycles. The van der Waals surface area contributed by atoms with Gasteiger partial charge >= 0.3 is 0 Å². The predicted octanol–water partition coefficient (Wildman–Crippen LogP) is 3.32. The van der Waals surface area contributed by atoms with Crippen LogP contribution in [0.5, 0.6) is 0 Å². The molecule has 0 radical (unpaired) electrons. The molecule has 3 rings (SSSR count). The van der Waals surface area contributed by atoms with Gasteiger partial charge in [0.15, 0.2) is 0 Å². The smallest absolute Gasteiger partial charge is 0.0486 e. The summed E-state index contributed by atoms with van der Waals surface area (Å²) in [5.41, 5.74) is 4.45. The summed E-state index contributed by atoms with van der Waals surface area (Å²) in [6, 6.07) is 6.80. The number of aryl methyl sites for hydroxylation is 1. The Bertz CT molecular complexity index is 612. The first-order chi connectivity index (χ1) is 10.2. The molecular weight excluding hydrogens is 258 g/mol. The number of rotatable bonds is 6. The van der Waals surface area contributed by atoms with Crippen molar-refractivity contribution < 1.29 is 0 Å². The Morgan fingerprint density at radius 1 is 1.10 bits per heavy atom. The highest BCUT2D eigenvalue weighted by molar-refractivity contribution is 5.88. The predicted molar refractivity (Wildman–Crippen MR) is 89.5 cm³/mol. The summed E-state index contributed by atoms with van der Waals surface area (Å²) in [7, 11) is 4.31. The van der Waals surface area contributed by atoms with E-state index >= 15 is 0 Å². The zero-order valence-electron chi connectivity index (χ0n) is 13.6. The molecule has 0 amide bonds. The summed E-state index contributed by atoms with van der Waals surface area (Å²) < 4.78 is 2.44. The molecule has 114 valence electrons. The van der Waals surface area contributed by atoms with Crippen LogP contribution in [0.3, 0.4) is 0 Å². The van der Waals surface area contributed by atoms with E-state index in [-0.39, 0.29) is 0 Å². The standard InChI is InChI=1S/C18H27N3/c1-4-9-21-14-16-13-20(11-6-10-19(2)3)12-15-7-5-8-17(21)18(15)16/h5,7-8,14H,4,6,9-13H2,1-3H3. The van der Waals surface area contributed by atoms with Crippen molar-refractivity contribution in [3.05, 3.63) is 35.5 Å². The quantitative estimate of drug-likeness (QED) is 0.806. The van der Waals surface area contributed by atoms with E-state index in [0.29, 0.717) is 0 Å². The molecule has 0 spiro atoms. The van der Waals surface area contributed by atoms with Gasteiger partial charge < -0.3 is 9.47 Å². The third-order valence-corrected chi connectivity index (χ3v) is 4.40. The lowest BCUT2D eigenvalue weighted by Crippen LogP contribution is -2.28. The summed E-state index contributed by atoms with van der Waals surface area (Å²) >= 11 is 0. The van der Waals surface area contributed by atoms with E-state index in [1.165, 1.54) is 48.0 Å². The van der Waals surface area contributed by atoms with E-state index < -0.39 is 0 Å². The van der Waals surface area contributed by atoms with Crippen molar-refractivity contribution in [1.29, 1.82) is 0 Å². The first-order valence-electron chi connectivity index (χ1n) is 8.15. The van der Waals surface area contributed by atoms with Crippen molar-refractivity contribution in [3.8, 4) is 0 Å². The summed E-state index contributed by atoms with van der Waals surface area (Å²) in [6.45, 7) is 7.95. The average molecular weight is 285 g/mol. The highest BCUT2D eigenvalue weighted by Gasteiger charge is 2.20. The molecule has 0 fully saturated rings. The molecule has 0 N–H and O–H groups in total. The van der Waals surface area contributed by atoms with E-state index in [0.717, 1.165) is 19.6 Å². The van der Waals surface area contributed by atoms with Gasteiger partial charge in [-0.1, -0.05) is 19.1 Å². The molecule has 0 aliphatic carbocycles. The summed E-state index contributed by atoms with van der Waals surface area (Å²) in [4.78, 5) is 4.87. The van der Waals surface area contributed by atoms with Crippen molar-refractivity contribution in [2.24, 2.45) is 0 Å². The van der Waals surface area contributed by atoms with Crippen LogP contribution in [0.25, 0.3) is 10.9 Å². The first-order valence-corrected chi connectivity index (χ1v) is 8.15. The Morgan fingerprint density at radius 2 is 1.90 bits per heavy atom. The number of aromatic nitrogens is 1. The van der Waals surface area contributed by atoms with Crippen molar-refractivity contribution in [3.63, 3.8) is 0 Å². The first kappa shape index (κ1) is 14.6. The highest BCUT2D eigenvalue weighted by Crippen LogP contribution is 2.31. The summed E-state index contributed by atoms with van der Waals surface area (Å²) in [5, 5.41) is 1.52. The topological polar surface area (TPSA) is 11.4 Å². The minimum Gasteiger partial charge on any atom is -0.347 e. The van der Waals surface area contributed by atoms with Crippen LogP contribution in [0.1, 0.15) is 30.9 Å². The molecule has 0 bridgehead atoms. The highest BCUT2D eigenvalue weighted by atomic mass is 15.1. The maximum atomic E-state index is 2.59. The fraction of sp³-hybridized carbons (Fsp3) is 0.556. The Hall–Kier alpha value is -1.32. The molecule has 3 nitrogen and oxygen atoms in total. The Labute approximate surface area is 128 Å². The van der Waals surface area contributed by atoms with Gasteiger partial charge in [0.1, 0.15) is 0 Å². The number of hydrogen-bond donors (Lipinski definition) is 0. The van der Waals surface area contributed by atoms with Gasteiger partial charge in [0, 0.05) is 43.3 Å². The molecule has 0 saturated heterocycles. The molecule has 0 atom stereocenters. The van der Waals surface area contributed by atoms with Crippen molar-refractivity contribution in [2.45, 2.75) is 39.4 Å². The van der Waals surface area contributed by atoms with E-state index in [2.05, 4.69) is 59.8 Å². The summed E-state index contributed by atoms with van der Waals surface area (Å²) in [5.74, 6) is 0. The minimum absolute atomic E-state index is 1.11. The van der Waals surface area contributed by atoms with Crippen LogP contribution in [0.15, 0.2) is 24.4 Å². The second-order valence-corrected chi connectivity index (χ2v) is 6.53. The SMILES string of the molecule is CCCn1cc2c3c(cccc31)CN(CCCN(C)C)C2. The van der Waals surface area contributed by atoms with Crippen LogP contribution < -0.4 is 0 Å². The van der Waals surface area contributed by atoms with E-state index in [1.54, 1.807) is 0 Å². The maximum Gasteiger partial charge on any atom is 0.0486 e. The number of nitrogens with zero attached hydrogens (tertiary/aromatic N) is 3. The molecule has 1 aromatic heterocycles. The molecule has 3 heteroatoms. The van der Waals surface area contributed by atoms with Crippen LogP contribution >= 0.6 is 0 Å². The van der Waals surface area contributed by atoms with Gasteiger partial charge in [0.05, 0.1) is 0 Å². The fourth-order valence-corrected chi connectivity index (χ4v) is 3.50. The van der Waals surface area contributed by atoms with Crippen molar-refractivity contribution in [2.75, 3.05) is 27.2 Å². The number of benzene rings is 1. The molecule has 21 heavy (non-hydrogen) atoms. The van der Waals surface area contributed by atoms with Gasteiger partial charge in [-0.25, -0.2) is 0 Å². The fourth-order valence-electron chi connectivity index (χ4n) is 3.50. The van der Waals surface area contributed by atoms with Gasteiger partial charge in [0.25, 0.3) is 0 Å². The van der Waals surface area contributed by atoms with Gasteiger partial charge in [-0.15, -0.1) is 0 Å². The average Bonchev–Trinajstić information content (AvgIpc) is 2.79. The molecular formula is C18H27N3. The third-order valence-electron chi connectivity index (χ3n) is 4.40. The monoisotopic (exact) mass is 285 g/mol. The largest absolute Gasteiger partial charge is 0.347 e. The van der Waals surface area contributed by atoms with E-state index in [4.69, 9.17) is 0 Å². The van der Waals surface area contributed by atoms with Crippen LogP contribution in [0.4, 0.5) is 0 Å². The maximum absolute atomic E-state index is 2.59. The van der Waals surface area contributed by atoms with Crippen LogP contribution in [-0.2, 0) is 19.6 Å². The molecule has 0 saturated carbocycles. The van der Waals surface area contributed by atoms with Gasteiger partial charge in [0.2, 0.25) is 0 Å². The molecule has 1 aromatic carbocycles. The van der Waals surface area contributed by atoms with Crippen molar-refractivity contribution >= 4 is 10.9 Å². The molecule has 1 aliphatic heterocycles. The zero-order chi connectivity index (χ0) is 14.8. The van der Waals surface area contributed by atoms with E-state index in [9.17, 15) is 0 Å². The Balaban J connectivity index is 1.81. The Kier molecular flexibility index (Phi) is 4.32. The minimum atomic E-state index is 1.11. The second-order valence-electron chi connectivity index (χ2n) is 6.53. The number of hydrogen-bond acceptors (Lipinski definition) is 2. The third kappa shape index (κ3) is 2.99. The lowest BCUT2D eigenvalue weighted by atomic mass is 10.0. The lowest BCUT2D eigenvalue weighted by Gasteiger charge is -2.27. The van der Waals surface area contributed by atoms with E-state index in [1.807, 2.05) is 0 Å². The van der Waals surface area contributed by atoms with Crippen LogP contribution in [0.2, 0.25) is 0 Å². The second kappa shape index (κ2) is 6.20. The van der Waals surface area contributed by atoms with Gasteiger partial charge in [-0.05, 0) is 50.7 Å². The zero-order valence-corrected chi connectivity index (χ0v) is 13.6. The summed E-state index contributed by atoms with van der Waals surface area (Å²) in [6.07, 6.45) is 4.82. The molecule has 1 aliphatic rings. The van der Waals surface area contributed by atoms with Gasteiger partial charge in [-0.2, -0.15) is 0 Å².